The van der Waals surface area contributed by atoms with Gasteiger partial charge in [0.25, 0.3) is 0 Å². The summed E-state index contributed by atoms with van der Waals surface area (Å²) in [7, 11) is 0. The van der Waals surface area contributed by atoms with Crippen LogP contribution in [0.15, 0.2) is 35.3 Å². The van der Waals surface area contributed by atoms with Crippen LogP contribution in [0.5, 0.6) is 0 Å². The average molecular weight is 573 g/mol. The van der Waals surface area contributed by atoms with Crippen LogP contribution in [0.25, 0.3) is 0 Å². The second-order valence-electron chi connectivity index (χ2n) is 8.71. The molecular weight excluding hydrogens is 546 g/mol. The van der Waals surface area contributed by atoms with E-state index in [4.69, 9.17) is 29.3 Å². The lowest BCUT2D eigenvalue weighted by Crippen LogP contribution is -2.65. The number of carboxylic acids is 2. The van der Waals surface area contributed by atoms with E-state index in [0.29, 0.717) is 12.7 Å². The van der Waals surface area contributed by atoms with Gasteiger partial charge in [-0.1, -0.05) is 6.07 Å². The number of thiophene rings is 1. The van der Waals surface area contributed by atoms with Crippen LogP contribution in [0.3, 0.4) is 0 Å². The Kier molecular flexibility index (Phi) is 11.1. The van der Waals surface area contributed by atoms with Crippen LogP contribution in [-0.2, 0) is 32.2 Å². The van der Waals surface area contributed by atoms with E-state index in [1.807, 2.05) is 12.4 Å². The number of aryl methyl sites for hydroxylation is 1. The lowest BCUT2D eigenvalue weighted by molar-refractivity contribution is -0.200. The molecule has 0 radical (unpaired) electrons. The molecule has 4 heterocycles. The fourth-order valence-electron chi connectivity index (χ4n) is 3.78. The van der Waals surface area contributed by atoms with Gasteiger partial charge < -0.3 is 19.7 Å². The zero-order chi connectivity index (χ0) is 28.6. The number of pyridine rings is 1. The first-order valence-electron chi connectivity index (χ1n) is 11.1. The molecular formula is C23H26F6N2O6S. The molecule has 0 saturated carbocycles. The first-order chi connectivity index (χ1) is 17.6. The summed E-state index contributed by atoms with van der Waals surface area (Å²) in [6.45, 7) is 6.60. The normalized spacial score (nSPS) is 18.9. The van der Waals surface area contributed by atoms with E-state index in [1.54, 1.807) is 11.3 Å². The first kappa shape index (κ1) is 31.5. The van der Waals surface area contributed by atoms with Gasteiger partial charge in [0.2, 0.25) is 0 Å². The number of hydrogen-bond acceptors (Lipinski definition) is 7. The molecule has 2 N–H and O–H groups in total. The van der Waals surface area contributed by atoms with E-state index < -0.39 is 24.3 Å². The minimum Gasteiger partial charge on any atom is -0.475 e. The van der Waals surface area contributed by atoms with Crippen molar-refractivity contribution in [3.8, 4) is 0 Å². The molecule has 212 valence electrons. The van der Waals surface area contributed by atoms with E-state index >= 15 is 0 Å². The quantitative estimate of drug-likeness (QED) is 0.498. The Bertz CT molecular complexity index is 1020. The standard InChI is InChI=1S/C19H24N2O2S.2C2HF3O2/c1-15-6-17(9-20-8-15)11-22-18-2-4-23-19(7-18)13-21(14-19)10-16-3-5-24-12-16;2*3-2(4,5)1(6)7/h3,5-6,8-9,12,18H,2,4,7,10-11,13-14H2,1H3;2*(H,6,7). The Labute approximate surface area is 217 Å². The molecule has 2 saturated heterocycles. The monoisotopic (exact) mass is 572 g/mol. The van der Waals surface area contributed by atoms with Gasteiger partial charge in [0.05, 0.1) is 18.3 Å². The van der Waals surface area contributed by atoms with Crippen molar-refractivity contribution in [2.24, 2.45) is 0 Å². The summed E-state index contributed by atoms with van der Waals surface area (Å²) in [5.74, 6) is -5.51. The topological polar surface area (TPSA) is 109 Å². The molecule has 2 aliphatic rings. The fourth-order valence-corrected chi connectivity index (χ4v) is 4.44. The molecule has 0 bridgehead atoms. The van der Waals surface area contributed by atoms with Crippen molar-refractivity contribution in [3.05, 3.63) is 52.0 Å². The van der Waals surface area contributed by atoms with Crippen molar-refractivity contribution in [1.82, 2.24) is 9.88 Å². The fraction of sp³-hybridized carbons (Fsp3) is 0.522. The number of nitrogens with zero attached hydrogens (tertiary/aromatic N) is 2. The lowest BCUT2D eigenvalue weighted by Gasteiger charge is -2.53. The highest BCUT2D eigenvalue weighted by Gasteiger charge is 2.47. The highest BCUT2D eigenvalue weighted by molar-refractivity contribution is 7.07. The molecule has 0 amide bonds. The maximum atomic E-state index is 10.6. The lowest BCUT2D eigenvalue weighted by atomic mass is 9.84. The van der Waals surface area contributed by atoms with Gasteiger partial charge in [-0.05, 0) is 46.9 Å². The number of ether oxygens (including phenoxy) is 2. The van der Waals surface area contributed by atoms with Crippen molar-refractivity contribution in [2.45, 2.75) is 57.0 Å². The zero-order valence-electron chi connectivity index (χ0n) is 20.1. The van der Waals surface area contributed by atoms with Crippen molar-refractivity contribution in [3.63, 3.8) is 0 Å². The van der Waals surface area contributed by atoms with Crippen LogP contribution in [0.4, 0.5) is 26.3 Å². The van der Waals surface area contributed by atoms with Crippen LogP contribution in [0, 0.1) is 6.92 Å². The van der Waals surface area contributed by atoms with Gasteiger partial charge in [-0.25, -0.2) is 9.59 Å². The first-order valence-corrected chi connectivity index (χ1v) is 12.0. The molecule has 1 unspecified atom stereocenters. The number of carbonyl (C=O) groups is 2. The highest BCUT2D eigenvalue weighted by Crippen LogP contribution is 2.36. The van der Waals surface area contributed by atoms with Crippen LogP contribution < -0.4 is 0 Å². The second kappa shape index (κ2) is 13.4. The van der Waals surface area contributed by atoms with Gasteiger partial charge in [0.1, 0.15) is 0 Å². The Balaban J connectivity index is 0.000000301. The van der Waals surface area contributed by atoms with Crippen molar-refractivity contribution in [2.75, 3.05) is 19.7 Å². The molecule has 4 rings (SSSR count). The Morgan fingerprint density at radius 3 is 2.24 bits per heavy atom. The Morgan fingerprint density at radius 1 is 1.13 bits per heavy atom. The van der Waals surface area contributed by atoms with Crippen LogP contribution in [-0.4, -0.2) is 75.8 Å². The molecule has 2 aliphatic heterocycles. The number of alkyl halides is 6. The number of aliphatic carboxylic acids is 2. The zero-order valence-corrected chi connectivity index (χ0v) is 20.9. The predicted octanol–water partition coefficient (Wildman–Crippen LogP) is 4.67. The predicted molar refractivity (Wildman–Crippen MR) is 122 cm³/mol. The third-order valence-corrected chi connectivity index (χ3v) is 6.09. The summed E-state index contributed by atoms with van der Waals surface area (Å²) in [6, 6.07) is 4.35. The molecule has 1 spiro atoms. The number of hydrogen-bond donors (Lipinski definition) is 2. The molecule has 0 aromatic carbocycles. The third-order valence-electron chi connectivity index (χ3n) is 5.36. The molecule has 0 aliphatic carbocycles. The van der Waals surface area contributed by atoms with E-state index in [1.165, 1.54) is 11.1 Å². The summed E-state index contributed by atoms with van der Waals surface area (Å²) in [5.41, 5.74) is 3.76. The smallest absolute Gasteiger partial charge is 0.475 e. The van der Waals surface area contributed by atoms with E-state index in [2.05, 4.69) is 39.7 Å². The molecule has 2 aromatic rings. The molecule has 8 nitrogen and oxygen atoms in total. The second-order valence-corrected chi connectivity index (χ2v) is 9.49. The van der Waals surface area contributed by atoms with E-state index in [0.717, 1.165) is 44.6 Å². The van der Waals surface area contributed by atoms with Crippen molar-refractivity contribution >= 4 is 23.3 Å². The number of likely N-dealkylation sites (tertiary alicyclic amines) is 1. The minimum absolute atomic E-state index is 0.0177. The number of rotatable bonds is 5. The Morgan fingerprint density at radius 2 is 1.74 bits per heavy atom. The van der Waals surface area contributed by atoms with Crippen LogP contribution in [0.2, 0.25) is 0 Å². The number of aromatic nitrogens is 1. The summed E-state index contributed by atoms with van der Waals surface area (Å²) >= 11 is 1.77. The molecule has 15 heteroatoms. The minimum atomic E-state index is -5.08. The highest BCUT2D eigenvalue weighted by atomic mass is 32.1. The van der Waals surface area contributed by atoms with E-state index in [9.17, 15) is 26.3 Å². The maximum Gasteiger partial charge on any atom is 0.490 e. The summed E-state index contributed by atoms with van der Waals surface area (Å²) in [4.78, 5) is 24.5. The van der Waals surface area contributed by atoms with Crippen molar-refractivity contribution in [1.29, 1.82) is 0 Å². The summed E-state index contributed by atoms with van der Waals surface area (Å²) in [5, 5.41) is 18.6. The maximum absolute atomic E-state index is 10.6. The molecule has 38 heavy (non-hydrogen) atoms. The summed E-state index contributed by atoms with van der Waals surface area (Å²) in [6.07, 6.45) is -4.10. The van der Waals surface area contributed by atoms with Crippen molar-refractivity contribution < 1.29 is 55.6 Å². The van der Waals surface area contributed by atoms with Gasteiger partial charge in [0, 0.05) is 45.1 Å². The van der Waals surface area contributed by atoms with Gasteiger partial charge >= 0.3 is 24.3 Å². The third kappa shape index (κ3) is 10.6. The molecule has 2 aromatic heterocycles. The van der Waals surface area contributed by atoms with Gasteiger partial charge in [-0.3, -0.25) is 9.88 Å². The average Bonchev–Trinajstić information content (AvgIpc) is 3.30. The summed E-state index contributed by atoms with van der Waals surface area (Å²) < 4.78 is 75.8. The van der Waals surface area contributed by atoms with Gasteiger partial charge in [-0.15, -0.1) is 0 Å². The van der Waals surface area contributed by atoms with Crippen LogP contribution >= 0.6 is 11.3 Å². The number of carboxylic acid groups (broad SMARTS) is 2. The van der Waals surface area contributed by atoms with E-state index in [-0.39, 0.29) is 5.60 Å². The Hall–Kier alpha value is -2.75. The number of halogens is 6. The SMILES string of the molecule is Cc1cncc(COC2CCOC3(C2)CN(Cc2ccsc2)C3)c1.O=C(O)C(F)(F)F.O=C(O)C(F)(F)F. The van der Waals surface area contributed by atoms with Gasteiger partial charge in [-0.2, -0.15) is 37.7 Å². The molecule has 2 fully saturated rings. The molecule has 1 atom stereocenters. The van der Waals surface area contributed by atoms with Gasteiger partial charge in [0.15, 0.2) is 0 Å². The largest absolute Gasteiger partial charge is 0.490 e. The van der Waals surface area contributed by atoms with Crippen LogP contribution in [0.1, 0.15) is 29.5 Å².